The maximum absolute atomic E-state index is 14.2. The highest BCUT2D eigenvalue weighted by atomic mass is 16.5. The van der Waals surface area contributed by atoms with Crippen molar-refractivity contribution in [2.45, 2.75) is 57.9 Å². The van der Waals surface area contributed by atoms with Crippen LogP contribution in [0.1, 0.15) is 62.7 Å². The summed E-state index contributed by atoms with van der Waals surface area (Å²) in [6, 6.07) is 29.5. The maximum atomic E-state index is 14.2. The molecule has 1 unspecified atom stereocenters. The molecule has 1 amide bonds. The van der Waals surface area contributed by atoms with Crippen LogP contribution in [0, 0.1) is 0 Å². The third-order valence-corrected chi connectivity index (χ3v) is 12.9. The van der Waals surface area contributed by atoms with Crippen LogP contribution in [-0.2, 0) is 45.1 Å². The lowest BCUT2D eigenvalue weighted by Gasteiger charge is -2.26. The molecule has 0 bridgehead atoms. The van der Waals surface area contributed by atoms with E-state index in [1.807, 2.05) is 60.6 Å². The number of fused-ring (bicyclic) bond motifs is 5. The van der Waals surface area contributed by atoms with E-state index in [2.05, 4.69) is 45.4 Å². The van der Waals surface area contributed by atoms with Crippen molar-refractivity contribution in [3.63, 3.8) is 0 Å². The zero-order valence-electron chi connectivity index (χ0n) is 40.7. The lowest BCUT2D eigenvalue weighted by Crippen LogP contribution is -2.39. The largest absolute Gasteiger partial charge is 0.493 e. The number of Topliss-reactive ketones (excluding diaryl/α,β-unsaturated/α-hetero) is 1. The molecule has 3 aliphatic rings. The van der Waals surface area contributed by atoms with E-state index in [-0.39, 0.29) is 37.0 Å². The van der Waals surface area contributed by atoms with Crippen LogP contribution < -0.4 is 39.0 Å². The number of aldehydes is 1. The number of rotatable bonds is 25. The molecule has 5 aromatic carbocycles. The number of para-hydroxylation sites is 2. The lowest BCUT2D eigenvalue weighted by atomic mass is 10.1. The SMILES string of the molecule is COCCOCCOCCN(CCCC(C)=O)c1cc(COc2cc(N=CC3Cc4ccccc4N3C)c(C=O)cc2OC)cc(COc2cc3c(cc2OC)C(=O)N2c4ccccc4C[C@H]2CN3)c1. The first-order chi connectivity index (χ1) is 34.2. The van der Waals surface area contributed by atoms with Gasteiger partial charge in [0, 0.05) is 81.2 Å². The predicted octanol–water partition coefficient (Wildman–Crippen LogP) is 8.29. The quantitative estimate of drug-likeness (QED) is 0.0340. The molecule has 0 saturated carbocycles. The summed E-state index contributed by atoms with van der Waals surface area (Å²) < 4.78 is 41.4. The van der Waals surface area contributed by atoms with Crippen LogP contribution in [0.4, 0.5) is 28.4 Å². The number of nitrogens with zero attached hydrogens (tertiary/aromatic N) is 4. The van der Waals surface area contributed by atoms with Crippen molar-refractivity contribution in [3.8, 4) is 23.0 Å². The minimum atomic E-state index is -0.0895. The van der Waals surface area contributed by atoms with Gasteiger partial charge in [0.05, 0.1) is 76.3 Å². The Hall–Kier alpha value is -6.94. The average molecular weight is 954 g/mol. The van der Waals surface area contributed by atoms with Crippen molar-refractivity contribution >= 4 is 52.6 Å². The molecule has 0 fully saturated rings. The number of ketones is 1. The Balaban J connectivity index is 1.06. The lowest BCUT2D eigenvalue weighted by molar-refractivity contribution is -0.117. The molecule has 8 rings (SSSR count). The number of hydrogen-bond donors (Lipinski definition) is 1. The van der Waals surface area contributed by atoms with Gasteiger partial charge in [0.25, 0.3) is 5.91 Å². The zero-order valence-corrected chi connectivity index (χ0v) is 40.7. The van der Waals surface area contributed by atoms with Crippen LogP contribution in [-0.4, -0.2) is 117 Å². The van der Waals surface area contributed by atoms with Gasteiger partial charge in [0.1, 0.15) is 19.0 Å². The Morgan fingerprint density at radius 3 is 2.11 bits per heavy atom. The van der Waals surface area contributed by atoms with Crippen molar-refractivity contribution in [2.75, 3.05) is 101 Å². The number of carbonyl (C=O) groups excluding carboxylic acids is 3. The minimum Gasteiger partial charge on any atom is -0.493 e. The molecule has 0 spiro atoms. The van der Waals surface area contributed by atoms with Gasteiger partial charge in [-0.1, -0.05) is 36.4 Å². The van der Waals surface area contributed by atoms with Crippen molar-refractivity contribution < 1.29 is 47.5 Å². The summed E-state index contributed by atoms with van der Waals surface area (Å²) in [5, 5.41) is 3.52. The number of carbonyl (C=O) groups is 3. The molecule has 1 N–H and O–H groups in total. The van der Waals surface area contributed by atoms with E-state index in [4.69, 9.17) is 38.2 Å². The van der Waals surface area contributed by atoms with Crippen LogP contribution in [0.3, 0.4) is 0 Å². The Labute approximate surface area is 410 Å². The molecule has 15 heteroatoms. The fourth-order valence-electron chi connectivity index (χ4n) is 9.29. The van der Waals surface area contributed by atoms with Gasteiger partial charge in [-0.2, -0.15) is 0 Å². The number of aliphatic imine (C=N–C) groups is 1. The van der Waals surface area contributed by atoms with E-state index < -0.39 is 0 Å². The maximum Gasteiger partial charge on any atom is 0.260 e. The van der Waals surface area contributed by atoms with Gasteiger partial charge in [-0.25, -0.2) is 0 Å². The normalized spacial score (nSPS) is 15.7. The monoisotopic (exact) mass is 953 g/mol. The summed E-state index contributed by atoms with van der Waals surface area (Å²) in [6.45, 7) is 5.92. The van der Waals surface area contributed by atoms with Crippen molar-refractivity contribution in [2.24, 2.45) is 4.99 Å². The Bertz CT molecular complexity index is 2670. The highest BCUT2D eigenvalue weighted by molar-refractivity contribution is 6.12. The van der Waals surface area contributed by atoms with E-state index in [9.17, 15) is 14.4 Å². The van der Waals surface area contributed by atoms with Crippen LogP contribution in [0.25, 0.3) is 0 Å². The second-order valence-electron chi connectivity index (χ2n) is 17.7. The topological polar surface area (TPSA) is 150 Å². The van der Waals surface area contributed by atoms with Crippen LogP contribution in [0.15, 0.2) is 96.0 Å². The number of methoxy groups -OCH3 is 3. The minimum absolute atomic E-state index is 0.0187. The first kappa shape index (κ1) is 49.5. The number of nitrogens with one attached hydrogen (secondary N) is 1. The van der Waals surface area contributed by atoms with Gasteiger partial charge in [-0.15, -0.1) is 0 Å². The number of ether oxygens (including phenoxy) is 7. The van der Waals surface area contributed by atoms with Gasteiger partial charge >= 0.3 is 0 Å². The van der Waals surface area contributed by atoms with E-state index in [1.54, 1.807) is 39.3 Å². The molecule has 5 aromatic rings. The molecule has 3 heterocycles. The first-order valence-corrected chi connectivity index (χ1v) is 23.8. The number of anilines is 4. The third-order valence-electron chi connectivity index (χ3n) is 12.9. The third kappa shape index (κ3) is 11.7. The number of likely N-dealkylation sites (N-methyl/N-ethyl adjacent to an activating group) is 1. The standard InChI is InChI=1S/C55H63N5O10/c1-37(62)11-10-16-59(17-18-67-21-22-68-20-19-64-3)43-24-38(35-69-53-30-47(42(34-61)28-51(53)65-4)56-32-44-26-40-12-6-8-14-49(40)58(44)2)23-39(25-43)36-70-54-31-48-46(29-52(54)66-5)55(63)60-45(33-57-48)27-41-13-7-9-15-50(41)60/h6-9,12-15,23-25,28-32,34,44-45,57H,10-11,16-22,26-27,33,35-36H2,1-5H3/t44?,45-/m0/s1. The molecule has 15 nitrogen and oxygen atoms in total. The number of benzene rings is 5. The smallest absolute Gasteiger partial charge is 0.260 e. The summed E-state index contributed by atoms with van der Waals surface area (Å²) in [6.07, 6.45) is 5.32. The van der Waals surface area contributed by atoms with E-state index in [0.717, 1.165) is 52.9 Å². The second-order valence-corrected chi connectivity index (χ2v) is 17.7. The molecular formula is C55H63N5O10. The Morgan fingerprint density at radius 1 is 0.771 bits per heavy atom. The fraction of sp³-hybridized carbons (Fsp3) is 0.382. The fourth-order valence-corrected chi connectivity index (χ4v) is 9.29. The van der Waals surface area contributed by atoms with Gasteiger partial charge in [0.15, 0.2) is 29.3 Å². The second kappa shape index (κ2) is 23.6. The average Bonchev–Trinajstić information content (AvgIpc) is 3.87. The van der Waals surface area contributed by atoms with Gasteiger partial charge < -0.3 is 58.0 Å². The van der Waals surface area contributed by atoms with Crippen LogP contribution in [0.2, 0.25) is 0 Å². The van der Waals surface area contributed by atoms with E-state index in [0.29, 0.717) is 111 Å². The molecular weight excluding hydrogens is 891 g/mol. The molecule has 0 saturated heterocycles. The molecule has 0 radical (unpaired) electrons. The zero-order chi connectivity index (χ0) is 49.0. The number of amides is 1. The first-order valence-electron chi connectivity index (χ1n) is 23.8. The molecule has 70 heavy (non-hydrogen) atoms. The van der Waals surface area contributed by atoms with Gasteiger partial charge in [0.2, 0.25) is 0 Å². The molecule has 0 aliphatic carbocycles. The molecule has 3 aliphatic heterocycles. The van der Waals surface area contributed by atoms with Crippen molar-refractivity contribution in [1.29, 1.82) is 0 Å². The van der Waals surface area contributed by atoms with E-state index >= 15 is 0 Å². The molecule has 0 aromatic heterocycles. The highest BCUT2D eigenvalue weighted by Gasteiger charge is 2.38. The molecule has 368 valence electrons. The van der Waals surface area contributed by atoms with Crippen molar-refractivity contribution in [1.82, 2.24) is 0 Å². The number of hydrogen-bond acceptors (Lipinski definition) is 14. The van der Waals surface area contributed by atoms with Crippen LogP contribution >= 0.6 is 0 Å². The summed E-state index contributed by atoms with van der Waals surface area (Å²) in [7, 11) is 6.79. The highest BCUT2D eigenvalue weighted by Crippen LogP contribution is 2.41. The summed E-state index contributed by atoms with van der Waals surface area (Å²) in [4.78, 5) is 49.7. The summed E-state index contributed by atoms with van der Waals surface area (Å²) in [5.74, 6) is 1.76. The van der Waals surface area contributed by atoms with Crippen molar-refractivity contribution in [3.05, 3.63) is 124 Å². The molecule has 2 atom stereocenters. The Morgan fingerprint density at radius 2 is 1.43 bits per heavy atom. The van der Waals surface area contributed by atoms with Gasteiger partial charge in [-0.3, -0.25) is 14.6 Å². The predicted molar refractivity (Wildman–Crippen MR) is 272 cm³/mol. The van der Waals surface area contributed by atoms with Gasteiger partial charge in [-0.05, 0) is 90.9 Å². The van der Waals surface area contributed by atoms with E-state index in [1.165, 1.54) is 12.7 Å². The van der Waals surface area contributed by atoms with Crippen LogP contribution in [0.5, 0.6) is 23.0 Å². The summed E-state index contributed by atoms with van der Waals surface area (Å²) >= 11 is 0. The summed E-state index contributed by atoms with van der Waals surface area (Å²) in [5.41, 5.74) is 9.09. The Kier molecular flexibility index (Phi) is 16.7.